The van der Waals surface area contributed by atoms with E-state index in [1.807, 2.05) is 30.3 Å². The molecule has 110 valence electrons. The van der Waals surface area contributed by atoms with Gasteiger partial charge in [-0.05, 0) is 45.8 Å². The van der Waals surface area contributed by atoms with Crippen molar-refractivity contribution in [3.8, 4) is 0 Å². The molecule has 0 bridgehead atoms. The molecule has 0 aliphatic heterocycles. The Morgan fingerprint density at radius 1 is 1.24 bits per heavy atom. The normalized spacial score (nSPS) is 11.9. The SMILES string of the molecule is O=C(NC(CCc1ccccc1)C(=O)O)c1sccc1Br. The van der Waals surface area contributed by atoms with E-state index in [1.54, 1.807) is 11.4 Å². The number of benzene rings is 1. The van der Waals surface area contributed by atoms with Gasteiger partial charge >= 0.3 is 5.97 Å². The molecule has 1 amide bonds. The first-order valence-electron chi connectivity index (χ1n) is 6.38. The van der Waals surface area contributed by atoms with Crippen molar-refractivity contribution in [3.63, 3.8) is 0 Å². The standard InChI is InChI=1S/C15H14BrNO3S/c16-11-8-9-21-13(11)14(18)17-12(15(19)20)7-6-10-4-2-1-3-5-10/h1-5,8-9,12H,6-7H2,(H,17,18)(H,19,20). The van der Waals surface area contributed by atoms with E-state index < -0.39 is 12.0 Å². The van der Waals surface area contributed by atoms with Gasteiger partial charge in [0.25, 0.3) is 5.91 Å². The molecule has 2 N–H and O–H groups in total. The molecule has 0 spiro atoms. The van der Waals surface area contributed by atoms with E-state index in [-0.39, 0.29) is 5.91 Å². The Morgan fingerprint density at radius 3 is 2.52 bits per heavy atom. The zero-order valence-electron chi connectivity index (χ0n) is 11.1. The first-order chi connectivity index (χ1) is 10.1. The molecule has 0 aliphatic carbocycles. The molecule has 1 unspecified atom stereocenters. The summed E-state index contributed by atoms with van der Waals surface area (Å²) in [5, 5.41) is 13.6. The van der Waals surface area contributed by atoms with Gasteiger partial charge in [0.1, 0.15) is 10.9 Å². The number of carbonyl (C=O) groups is 2. The third-order valence-corrected chi connectivity index (χ3v) is 4.83. The van der Waals surface area contributed by atoms with Gasteiger partial charge in [-0.3, -0.25) is 4.79 Å². The Balaban J connectivity index is 1.98. The van der Waals surface area contributed by atoms with Crippen LogP contribution >= 0.6 is 27.3 Å². The summed E-state index contributed by atoms with van der Waals surface area (Å²) in [6.45, 7) is 0. The molecule has 1 aromatic heterocycles. The monoisotopic (exact) mass is 367 g/mol. The minimum atomic E-state index is -1.02. The number of carbonyl (C=O) groups excluding carboxylic acids is 1. The van der Waals surface area contributed by atoms with E-state index in [1.165, 1.54) is 11.3 Å². The number of halogens is 1. The molecule has 0 fully saturated rings. The van der Waals surface area contributed by atoms with Crippen LogP contribution in [-0.2, 0) is 11.2 Å². The molecule has 0 saturated heterocycles. The highest BCUT2D eigenvalue weighted by atomic mass is 79.9. The van der Waals surface area contributed by atoms with Crippen molar-refractivity contribution in [2.45, 2.75) is 18.9 Å². The highest BCUT2D eigenvalue weighted by molar-refractivity contribution is 9.10. The molecule has 21 heavy (non-hydrogen) atoms. The Hall–Kier alpha value is -1.66. The molecule has 0 radical (unpaired) electrons. The van der Waals surface area contributed by atoms with Crippen molar-refractivity contribution in [2.24, 2.45) is 0 Å². The maximum Gasteiger partial charge on any atom is 0.326 e. The van der Waals surface area contributed by atoms with Gasteiger partial charge in [-0.15, -0.1) is 11.3 Å². The summed E-state index contributed by atoms with van der Waals surface area (Å²) < 4.78 is 0.678. The number of hydrogen-bond acceptors (Lipinski definition) is 3. The maximum atomic E-state index is 12.1. The van der Waals surface area contributed by atoms with Gasteiger partial charge < -0.3 is 10.4 Å². The molecule has 1 atom stereocenters. The zero-order valence-corrected chi connectivity index (χ0v) is 13.5. The van der Waals surface area contributed by atoms with Crippen molar-refractivity contribution >= 4 is 39.1 Å². The van der Waals surface area contributed by atoms with Crippen molar-refractivity contribution < 1.29 is 14.7 Å². The summed E-state index contributed by atoms with van der Waals surface area (Å²) in [6, 6.07) is 10.5. The van der Waals surface area contributed by atoms with Gasteiger partial charge in [-0.2, -0.15) is 0 Å². The number of carboxylic acids is 1. The second-order valence-electron chi connectivity index (χ2n) is 4.49. The lowest BCUT2D eigenvalue weighted by atomic mass is 10.1. The molecule has 4 nitrogen and oxygen atoms in total. The number of hydrogen-bond donors (Lipinski definition) is 2. The van der Waals surface area contributed by atoms with Crippen LogP contribution in [0.25, 0.3) is 0 Å². The van der Waals surface area contributed by atoms with Crippen LogP contribution in [0.2, 0.25) is 0 Å². The average molecular weight is 368 g/mol. The Morgan fingerprint density at radius 2 is 1.95 bits per heavy atom. The summed E-state index contributed by atoms with van der Waals surface area (Å²) in [5.74, 6) is -1.38. The largest absolute Gasteiger partial charge is 0.480 e. The van der Waals surface area contributed by atoms with E-state index in [2.05, 4.69) is 21.2 Å². The van der Waals surface area contributed by atoms with Gasteiger partial charge in [-0.25, -0.2) is 4.79 Å². The minimum absolute atomic E-state index is 0.355. The van der Waals surface area contributed by atoms with Crippen LogP contribution in [0.15, 0.2) is 46.3 Å². The van der Waals surface area contributed by atoms with Gasteiger partial charge in [0.2, 0.25) is 0 Å². The number of nitrogens with one attached hydrogen (secondary N) is 1. The van der Waals surface area contributed by atoms with E-state index in [0.717, 1.165) is 5.56 Å². The van der Waals surface area contributed by atoms with E-state index in [0.29, 0.717) is 22.2 Å². The summed E-state index contributed by atoms with van der Waals surface area (Å²) in [4.78, 5) is 23.8. The molecule has 1 heterocycles. The van der Waals surface area contributed by atoms with Gasteiger partial charge in [0.05, 0.1) is 0 Å². The number of carboxylic acid groups (broad SMARTS) is 1. The number of aliphatic carboxylic acids is 1. The first kappa shape index (κ1) is 15.7. The molecule has 6 heteroatoms. The van der Waals surface area contributed by atoms with Gasteiger partial charge in [0.15, 0.2) is 0 Å². The lowest BCUT2D eigenvalue weighted by molar-refractivity contribution is -0.139. The van der Waals surface area contributed by atoms with Crippen LogP contribution in [-0.4, -0.2) is 23.0 Å². The Kier molecular flexibility index (Phi) is 5.52. The topological polar surface area (TPSA) is 66.4 Å². The third-order valence-electron chi connectivity index (χ3n) is 2.99. The quantitative estimate of drug-likeness (QED) is 0.822. The highest BCUT2D eigenvalue weighted by Gasteiger charge is 2.22. The van der Waals surface area contributed by atoms with Gasteiger partial charge in [0, 0.05) is 4.47 Å². The zero-order chi connectivity index (χ0) is 15.2. The minimum Gasteiger partial charge on any atom is -0.480 e. The second-order valence-corrected chi connectivity index (χ2v) is 6.26. The van der Waals surface area contributed by atoms with Crippen LogP contribution in [0.4, 0.5) is 0 Å². The first-order valence-corrected chi connectivity index (χ1v) is 8.06. The maximum absolute atomic E-state index is 12.1. The number of aryl methyl sites for hydroxylation is 1. The van der Waals surface area contributed by atoms with E-state index in [4.69, 9.17) is 0 Å². The molecule has 2 rings (SSSR count). The molecule has 1 aromatic carbocycles. The lowest BCUT2D eigenvalue weighted by Crippen LogP contribution is -2.40. The number of amides is 1. The summed E-state index contributed by atoms with van der Waals surface area (Å²) in [6.07, 6.45) is 0.956. The van der Waals surface area contributed by atoms with Crippen LogP contribution in [0.5, 0.6) is 0 Å². The fourth-order valence-corrected chi connectivity index (χ4v) is 3.35. The molecular weight excluding hydrogens is 354 g/mol. The highest BCUT2D eigenvalue weighted by Crippen LogP contribution is 2.22. The number of rotatable bonds is 6. The smallest absolute Gasteiger partial charge is 0.326 e. The molecular formula is C15H14BrNO3S. The molecule has 2 aromatic rings. The predicted molar refractivity (Wildman–Crippen MR) is 85.7 cm³/mol. The fourth-order valence-electron chi connectivity index (χ4n) is 1.89. The van der Waals surface area contributed by atoms with Crippen LogP contribution in [0.1, 0.15) is 21.7 Å². The Labute approximate surface area is 134 Å². The third kappa shape index (κ3) is 4.41. The molecule has 0 saturated carbocycles. The average Bonchev–Trinajstić information content (AvgIpc) is 2.90. The van der Waals surface area contributed by atoms with Crippen molar-refractivity contribution in [1.82, 2.24) is 5.32 Å². The molecule has 0 aliphatic rings. The second kappa shape index (κ2) is 7.38. The van der Waals surface area contributed by atoms with E-state index >= 15 is 0 Å². The number of thiophene rings is 1. The van der Waals surface area contributed by atoms with Gasteiger partial charge in [-0.1, -0.05) is 30.3 Å². The van der Waals surface area contributed by atoms with Crippen LogP contribution in [0, 0.1) is 0 Å². The van der Waals surface area contributed by atoms with Crippen LogP contribution < -0.4 is 5.32 Å². The summed E-state index contributed by atoms with van der Waals surface area (Å²) >= 11 is 4.55. The fraction of sp³-hybridized carbons (Fsp3) is 0.200. The van der Waals surface area contributed by atoms with Crippen molar-refractivity contribution in [2.75, 3.05) is 0 Å². The predicted octanol–water partition coefficient (Wildman–Crippen LogP) is 3.33. The lowest BCUT2D eigenvalue weighted by Gasteiger charge is -2.14. The summed E-state index contributed by atoms with van der Waals surface area (Å²) in [7, 11) is 0. The van der Waals surface area contributed by atoms with Crippen LogP contribution in [0.3, 0.4) is 0 Å². The van der Waals surface area contributed by atoms with E-state index in [9.17, 15) is 14.7 Å². The van der Waals surface area contributed by atoms with Crippen molar-refractivity contribution in [3.05, 3.63) is 56.7 Å². The Bertz CT molecular complexity index is 627. The van der Waals surface area contributed by atoms with Crippen molar-refractivity contribution in [1.29, 1.82) is 0 Å². The summed E-state index contributed by atoms with van der Waals surface area (Å²) in [5.41, 5.74) is 1.05.